The van der Waals surface area contributed by atoms with Crippen molar-refractivity contribution in [3.05, 3.63) is 18.1 Å². The molecule has 0 spiro atoms. The van der Waals surface area contributed by atoms with Gasteiger partial charge >= 0.3 is 0 Å². The van der Waals surface area contributed by atoms with Gasteiger partial charge in [0.05, 0.1) is 5.69 Å². The lowest BCUT2D eigenvalue weighted by Crippen LogP contribution is -2.54. The second-order valence-corrected chi connectivity index (χ2v) is 4.34. The molecule has 0 saturated carbocycles. The van der Waals surface area contributed by atoms with Crippen LogP contribution in [0.3, 0.4) is 0 Å². The van der Waals surface area contributed by atoms with Gasteiger partial charge in [-0.25, -0.2) is 4.98 Å². The number of nitrogens with zero attached hydrogens (tertiary/aromatic N) is 3. The van der Waals surface area contributed by atoms with Gasteiger partial charge in [0.15, 0.2) is 0 Å². The molecule has 4 nitrogen and oxygen atoms in total. The van der Waals surface area contributed by atoms with Crippen molar-refractivity contribution >= 4 is 5.82 Å². The minimum absolute atomic E-state index is 0.509. The SMILES string of the molecule is Cc1nccnc1N1CC(C)NC(C)C1. The molecule has 1 aromatic heterocycles. The average Bonchev–Trinajstić information content (AvgIpc) is 2.16. The maximum Gasteiger partial charge on any atom is 0.150 e. The summed E-state index contributed by atoms with van der Waals surface area (Å²) in [6.07, 6.45) is 3.51. The van der Waals surface area contributed by atoms with Crippen LogP contribution in [0.5, 0.6) is 0 Å². The fraction of sp³-hybridized carbons (Fsp3) is 0.636. The molecule has 1 aromatic rings. The largest absolute Gasteiger partial charge is 0.352 e. The van der Waals surface area contributed by atoms with Crippen molar-refractivity contribution < 1.29 is 0 Å². The zero-order valence-corrected chi connectivity index (χ0v) is 9.57. The second kappa shape index (κ2) is 4.14. The third kappa shape index (κ3) is 2.26. The molecule has 0 aromatic carbocycles. The molecule has 2 rings (SSSR count). The van der Waals surface area contributed by atoms with Crippen LogP contribution in [-0.2, 0) is 0 Å². The number of nitrogens with one attached hydrogen (secondary N) is 1. The van der Waals surface area contributed by atoms with Crippen LogP contribution in [0.4, 0.5) is 5.82 Å². The van der Waals surface area contributed by atoms with E-state index in [0.717, 1.165) is 24.6 Å². The number of piperazine rings is 1. The van der Waals surface area contributed by atoms with Crippen LogP contribution < -0.4 is 10.2 Å². The van der Waals surface area contributed by atoms with Crippen molar-refractivity contribution in [3.8, 4) is 0 Å². The van der Waals surface area contributed by atoms with Gasteiger partial charge in [-0.15, -0.1) is 0 Å². The van der Waals surface area contributed by atoms with Gasteiger partial charge in [-0.1, -0.05) is 0 Å². The van der Waals surface area contributed by atoms with Crippen LogP contribution >= 0.6 is 0 Å². The van der Waals surface area contributed by atoms with Crippen molar-refractivity contribution in [3.63, 3.8) is 0 Å². The highest BCUT2D eigenvalue weighted by Gasteiger charge is 2.22. The van der Waals surface area contributed by atoms with Gasteiger partial charge in [0.2, 0.25) is 0 Å². The quantitative estimate of drug-likeness (QED) is 0.743. The molecule has 0 amide bonds. The Balaban J connectivity index is 2.20. The molecule has 1 aliphatic rings. The van der Waals surface area contributed by atoms with Crippen molar-refractivity contribution in [2.75, 3.05) is 18.0 Å². The standard InChI is InChI=1S/C11H18N4/c1-8-6-15(7-9(2)14-8)11-10(3)12-4-5-13-11/h4-5,8-9,14H,6-7H2,1-3H3. The molecule has 82 valence electrons. The summed E-state index contributed by atoms with van der Waals surface area (Å²) < 4.78 is 0. The average molecular weight is 206 g/mol. The van der Waals surface area contributed by atoms with E-state index in [2.05, 4.69) is 34.0 Å². The Morgan fingerprint density at radius 3 is 2.40 bits per heavy atom. The summed E-state index contributed by atoms with van der Waals surface area (Å²) in [6, 6.07) is 1.02. The molecule has 0 bridgehead atoms. The van der Waals surface area contributed by atoms with Crippen molar-refractivity contribution in [2.45, 2.75) is 32.9 Å². The van der Waals surface area contributed by atoms with Crippen molar-refractivity contribution in [1.29, 1.82) is 0 Å². The molecule has 2 unspecified atom stereocenters. The van der Waals surface area contributed by atoms with Gasteiger partial charge in [-0.2, -0.15) is 0 Å². The highest BCUT2D eigenvalue weighted by molar-refractivity contribution is 5.43. The minimum atomic E-state index is 0.509. The Hall–Kier alpha value is -1.16. The third-order valence-electron chi connectivity index (χ3n) is 2.71. The van der Waals surface area contributed by atoms with Crippen LogP contribution in [0.2, 0.25) is 0 Å². The minimum Gasteiger partial charge on any atom is -0.352 e. The maximum absolute atomic E-state index is 4.41. The first-order valence-electron chi connectivity index (χ1n) is 5.45. The lowest BCUT2D eigenvalue weighted by molar-refractivity contribution is 0.404. The van der Waals surface area contributed by atoms with Crippen molar-refractivity contribution in [1.82, 2.24) is 15.3 Å². The molecule has 0 aliphatic carbocycles. The number of hydrogen-bond acceptors (Lipinski definition) is 4. The Kier molecular flexibility index (Phi) is 2.86. The van der Waals surface area contributed by atoms with Crippen LogP contribution in [0.25, 0.3) is 0 Å². The van der Waals surface area contributed by atoms with Gasteiger partial charge in [-0.05, 0) is 20.8 Å². The van der Waals surface area contributed by atoms with E-state index in [1.165, 1.54) is 0 Å². The van der Waals surface area contributed by atoms with Crippen LogP contribution in [0.15, 0.2) is 12.4 Å². The normalized spacial score (nSPS) is 26.7. The summed E-state index contributed by atoms with van der Waals surface area (Å²) >= 11 is 0. The number of hydrogen-bond donors (Lipinski definition) is 1. The summed E-state index contributed by atoms with van der Waals surface area (Å²) in [5, 5.41) is 3.51. The fourth-order valence-corrected chi connectivity index (χ4v) is 2.21. The smallest absolute Gasteiger partial charge is 0.150 e. The molecule has 4 heteroatoms. The zero-order chi connectivity index (χ0) is 10.8. The van der Waals surface area contributed by atoms with Crippen LogP contribution in [-0.4, -0.2) is 35.1 Å². The Bertz CT molecular complexity index is 329. The second-order valence-electron chi connectivity index (χ2n) is 4.34. The van der Waals surface area contributed by atoms with E-state index in [0.29, 0.717) is 12.1 Å². The first-order chi connectivity index (χ1) is 7.16. The highest BCUT2D eigenvalue weighted by Crippen LogP contribution is 2.16. The summed E-state index contributed by atoms with van der Waals surface area (Å²) in [5.41, 5.74) is 1.01. The highest BCUT2D eigenvalue weighted by atomic mass is 15.3. The van der Waals surface area contributed by atoms with E-state index >= 15 is 0 Å². The van der Waals surface area contributed by atoms with Crippen LogP contribution in [0.1, 0.15) is 19.5 Å². The molecule has 2 heterocycles. The molecule has 1 aliphatic heterocycles. The molecule has 0 radical (unpaired) electrons. The summed E-state index contributed by atoms with van der Waals surface area (Å²) in [6.45, 7) is 8.43. The molecular formula is C11H18N4. The van der Waals surface area contributed by atoms with Gasteiger partial charge in [0.25, 0.3) is 0 Å². The first kappa shape index (κ1) is 10.4. The Morgan fingerprint density at radius 2 is 1.80 bits per heavy atom. The zero-order valence-electron chi connectivity index (χ0n) is 9.57. The lowest BCUT2D eigenvalue weighted by Gasteiger charge is -2.37. The summed E-state index contributed by atoms with van der Waals surface area (Å²) in [4.78, 5) is 11.0. The monoisotopic (exact) mass is 206 g/mol. The fourth-order valence-electron chi connectivity index (χ4n) is 2.21. The molecule has 15 heavy (non-hydrogen) atoms. The van der Waals surface area contributed by atoms with E-state index < -0.39 is 0 Å². The molecule has 1 fully saturated rings. The summed E-state index contributed by atoms with van der Waals surface area (Å²) in [7, 11) is 0. The van der Waals surface area contributed by atoms with Gasteiger partial charge < -0.3 is 10.2 Å². The van der Waals surface area contributed by atoms with E-state index in [-0.39, 0.29) is 0 Å². The number of anilines is 1. The number of aryl methyl sites for hydroxylation is 1. The van der Waals surface area contributed by atoms with E-state index in [9.17, 15) is 0 Å². The number of rotatable bonds is 1. The molecule has 2 atom stereocenters. The topological polar surface area (TPSA) is 41.1 Å². The Labute approximate surface area is 90.7 Å². The van der Waals surface area contributed by atoms with Gasteiger partial charge in [0.1, 0.15) is 5.82 Å². The van der Waals surface area contributed by atoms with E-state index in [4.69, 9.17) is 0 Å². The lowest BCUT2D eigenvalue weighted by atomic mass is 10.1. The van der Waals surface area contributed by atoms with Crippen molar-refractivity contribution in [2.24, 2.45) is 0 Å². The van der Waals surface area contributed by atoms with Gasteiger partial charge in [-0.3, -0.25) is 4.98 Å². The number of aromatic nitrogens is 2. The molecule has 1 N–H and O–H groups in total. The van der Waals surface area contributed by atoms with E-state index in [1.54, 1.807) is 12.4 Å². The Morgan fingerprint density at radius 1 is 1.20 bits per heavy atom. The predicted molar refractivity (Wildman–Crippen MR) is 61.0 cm³/mol. The van der Waals surface area contributed by atoms with Crippen LogP contribution in [0, 0.1) is 6.92 Å². The van der Waals surface area contributed by atoms with E-state index in [1.807, 2.05) is 6.92 Å². The maximum atomic E-state index is 4.41. The van der Waals surface area contributed by atoms with Gasteiger partial charge in [0, 0.05) is 37.6 Å². The first-order valence-corrected chi connectivity index (χ1v) is 5.45. The predicted octanol–water partition coefficient (Wildman–Crippen LogP) is 0.972. The molecule has 1 saturated heterocycles. The third-order valence-corrected chi connectivity index (χ3v) is 2.71. The summed E-state index contributed by atoms with van der Waals surface area (Å²) in [5.74, 6) is 1.03. The molecular weight excluding hydrogens is 188 g/mol.